The van der Waals surface area contributed by atoms with Crippen molar-refractivity contribution in [2.75, 3.05) is 31.6 Å². The first kappa shape index (κ1) is 16.1. The molecule has 1 aromatic carbocycles. The van der Waals surface area contributed by atoms with Crippen molar-refractivity contribution in [3.8, 4) is 5.75 Å². The van der Waals surface area contributed by atoms with Gasteiger partial charge in [-0.05, 0) is 31.2 Å². The summed E-state index contributed by atoms with van der Waals surface area (Å²) in [7, 11) is 0. The van der Waals surface area contributed by atoms with Crippen molar-refractivity contribution in [3.05, 3.63) is 23.8 Å². The first-order chi connectivity index (χ1) is 10.0. The van der Waals surface area contributed by atoms with Crippen LogP contribution in [0.2, 0.25) is 0 Å². The number of halogens is 1. The Bertz CT molecular complexity index is 510. The van der Waals surface area contributed by atoms with Crippen LogP contribution in [0, 0.1) is 0 Å². The van der Waals surface area contributed by atoms with Gasteiger partial charge in [0.15, 0.2) is 6.10 Å². The van der Waals surface area contributed by atoms with Crippen LogP contribution >= 0.6 is 11.6 Å². The van der Waals surface area contributed by atoms with E-state index >= 15 is 0 Å². The molecule has 21 heavy (non-hydrogen) atoms. The van der Waals surface area contributed by atoms with Crippen molar-refractivity contribution in [2.24, 2.45) is 0 Å². The van der Waals surface area contributed by atoms with Crippen LogP contribution in [0.15, 0.2) is 18.2 Å². The fourth-order valence-corrected chi connectivity index (χ4v) is 2.60. The summed E-state index contributed by atoms with van der Waals surface area (Å²) in [6.45, 7) is 5.92. The molecule has 0 bridgehead atoms. The lowest BCUT2D eigenvalue weighted by atomic mass is 10.1. The molecule has 1 heterocycles. The number of likely N-dealkylation sites (N-methyl/N-ethyl adjacent to an activating group) is 1. The second-order valence-corrected chi connectivity index (χ2v) is 5.62. The lowest BCUT2D eigenvalue weighted by Crippen LogP contribution is -2.34. The zero-order valence-corrected chi connectivity index (χ0v) is 13.1. The molecule has 1 aliphatic rings. The van der Waals surface area contributed by atoms with Gasteiger partial charge < -0.3 is 15.2 Å². The number of aliphatic hydroxyl groups is 1. The molecule has 2 unspecified atom stereocenters. The monoisotopic (exact) mass is 312 g/mol. The molecular formula is C15H21ClN2O3. The van der Waals surface area contributed by atoms with Gasteiger partial charge in [-0.1, -0.05) is 13.0 Å². The number of carbonyl (C=O) groups is 1. The highest BCUT2D eigenvalue weighted by Crippen LogP contribution is 2.34. The van der Waals surface area contributed by atoms with E-state index < -0.39 is 6.10 Å². The smallest absolute Gasteiger partial charge is 0.265 e. The van der Waals surface area contributed by atoms with Gasteiger partial charge in [-0.25, -0.2) is 0 Å². The molecule has 5 nitrogen and oxygen atoms in total. The SMILES string of the molecule is CCN(CCO)CC(Cl)c1ccc2c(c1)NC(=O)C(C)O2. The number of hydrogen-bond acceptors (Lipinski definition) is 4. The van der Waals surface area contributed by atoms with Crippen LogP contribution in [0.4, 0.5) is 5.69 Å². The second-order valence-electron chi connectivity index (χ2n) is 5.09. The van der Waals surface area contributed by atoms with E-state index in [2.05, 4.69) is 10.2 Å². The molecule has 1 amide bonds. The van der Waals surface area contributed by atoms with Crippen molar-refractivity contribution in [1.82, 2.24) is 4.90 Å². The van der Waals surface area contributed by atoms with Crippen molar-refractivity contribution >= 4 is 23.2 Å². The van der Waals surface area contributed by atoms with E-state index in [0.29, 0.717) is 24.5 Å². The molecule has 6 heteroatoms. The van der Waals surface area contributed by atoms with Gasteiger partial charge in [-0.3, -0.25) is 9.69 Å². The third-order valence-electron chi connectivity index (χ3n) is 3.58. The lowest BCUT2D eigenvalue weighted by molar-refractivity contribution is -0.122. The van der Waals surface area contributed by atoms with E-state index in [4.69, 9.17) is 21.4 Å². The molecule has 1 aliphatic heterocycles. The molecule has 0 aliphatic carbocycles. The Balaban J connectivity index is 2.11. The molecule has 0 saturated heterocycles. The number of nitrogens with one attached hydrogen (secondary N) is 1. The van der Waals surface area contributed by atoms with Gasteiger partial charge in [0.05, 0.1) is 17.7 Å². The van der Waals surface area contributed by atoms with E-state index in [1.165, 1.54) is 0 Å². The molecular weight excluding hydrogens is 292 g/mol. The summed E-state index contributed by atoms with van der Waals surface area (Å²) in [4.78, 5) is 13.7. The second kappa shape index (κ2) is 7.11. The summed E-state index contributed by atoms with van der Waals surface area (Å²) in [6.07, 6.45) is -0.477. The number of nitrogens with zero attached hydrogens (tertiary/aromatic N) is 1. The summed E-state index contributed by atoms with van der Waals surface area (Å²) in [5.74, 6) is 0.513. The molecule has 0 aromatic heterocycles. The number of alkyl halides is 1. The Morgan fingerprint density at radius 3 is 2.95 bits per heavy atom. The third kappa shape index (κ3) is 3.87. The van der Waals surface area contributed by atoms with Gasteiger partial charge >= 0.3 is 0 Å². The van der Waals surface area contributed by atoms with Crippen molar-refractivity contribution in [2.45, 2.75) is 25.3 Å². The van der Waals surface area contributed by atoms with Crippen LogP contribution in [-0.2, 0) is 4.79 Å². The van der Waals surface area contributed by atoms with Crippen LogP contribution in [0.5, 0.6) is 5.75 Å². The Kier molecular flexibility index (Phi) is 5.45. The molecule has 2 rings (SSSR count). The van der Waals surface area contributed by atoms with Crippen molar-refractivity contribution in [1.29, 1.82) is 0 Å². The minimum Gasteiger partial charge on any atom is -0.479 e. The average molecular weight is 313 g/mol. The Morgan fingerprint density at radius 2 is 2.29 bits per heavy atom. The number of rotatable bonds is 6. The van der Waals surface area contributed by atoms with Gasteiger partial charge in [-0.15, -0.1) is 11.6 Å². The normalized spacial score (nSPS) is 18.9. The van der Waals surface area contributed by atoms with Crippen LogP contribution < -0.4 is 10.1 Å². The van der Waals surface area contributed by atoms with Gasteiger partial charge in [0.1, 0.15) is 5.75 Å². The minimum atomic E-state index is -0.477. The Labute approximate surface area is 129 Å². The Hall–Kier alpha value is -1.30. The number of benzene rings is 1. The van der Waals surface area contributed by atoms with Gasteiger partial charge in [0.2, 0.25) is 0 Å². The molecule has 2 N–H and O–H groups in total. The summed E-state index contributed by atoms with van der Waals surface area (Å²) in [6, 6.07) is 5.59. The summed E-state index contributed by atoms with van der Waals surface area (Å²) >= 11 is 6.45. The topological polar surface area (TPSA) is 61.8 Å². The molecule has 0 fully saturated rings. The number of anilines is 1. The molecule has 0 saturated carbocycles. The van der Waals surface area contributed by atoms with Gasteiger partial charge in [0.25, 0.3) is 5.91 Å². The predicted molar refractivity (Wildman–Crippen MR) is 83.0 cm³/mol. The van der Waals surface area contributed by atoms with E-state index in [1.807, 2.05) is 25.1 Å². The molecule has 1 aromatic rings. The first-order valence-corrected chi connectivity index (χ1v) is 7.57. The van der Waals surface area contributed by atoms with E-state index in [1.54, 1.807) is 6.92 Å². The van der Waals surface area contributed by atoms with Crippen LogP contribution in [-0.4, -0.2) is 48.3 Å². The average Bonchev–Trinajstić information content (AvgIpc) is 2.47. The zero-order valence-electron chi connectivity index (χ0n) is 12.3. The quantitative estimate of drug-likeness (QED) is 0.789. The third-order valence-corrected chi connectivity index (χ3v) is 3.97. The maximum Gasteiger partial charge on any atom is 0.265 e. The summed E-state index contributed by atoms with van der Waals surface area (Å²) in [5, 5.41) is 11.6. The van der Waals surface area contributed by atoms with E-state index in [0.717, 1.165) is 12.1 Å². The molecule has 116 valence electrons. The highest BCUT2D eigenvalue weighted by atomic mass is 35.5. The minimum absolute atomic E-state index is 0.115. The Morgan fingerprint density at radius 1 is 1.52 bits per heavy atom. The number of carbonyl (C=O) groups excluding carboxylic acids is 1. The zero-order chi connectivity index (χ0) is 15.4. The number of ether oxygens (including phenoxy) is 1. The summed E-state index contributed by atoms with van der Waals surface area (Å²) in [5.41, 5.74) is 1.58. The van der Waals surface area contributed by atoms with Crippen LogP contribution in [0.25, 0.3) is 0 Å². The maximum absolute atomic E-state index is 11.6. The van der Waals surface area contributed by atoms with Crippen molar-refractivity contribution in [3.63, 3.8) is 0 Å². The maximum atomic E-state index is 11.6. The largest absolute Gasteiger partial charge is 0.479 e. The fourth-order valence-electron chi connectivity index (χ4n) is 2.27. The predicted octanol–water partition coefficient (Wildman–Crippen LogP) is 2.00. The standard InChI is InChI=1S/C15H21ClN2O3/c1-3-18(6-7-19)9-12(16)11-4-5-14-13(8-11)17-15(20)10(2)21-14/h4-5,8,10,12,19H,3,6-7,9H2,1-2H3,(H,17,20). The number of hydrogen-bond donors (Lipinski definition) is 2. The van der Waals surface area contributed by atoms with Crippen LogP contribution in [0.1, 0.15) is 24.8 Å². The van der Waals surface area contributed by atoms with Gasteiger partial charge in [-0.2, -0.15) is 0 Å². The fraction of sp³-hybridized carbons (Fsp3) is 0.533. The number of fused-ring (bicyclic) bond motifs is 1. The number of aliphatic hydroxyl groups excluding tert-OH is 1. The van der Waals surface area contributed by atoms with E-state index in [-0.39, 0.29) is 17.9 Å². The first-order valence-electron chi connectivity index (χ1n) is 7.14. The van der Waals surface area contributed by atoms with Crippen molar-refractivity contribution < 1.29 is 14.6 Å². The molecule has 2 atom stereocenters. The van der Waals surface area contributed by atoms with Crippen LogP contribution in [0.3, 0.4) is 0 Å². The van der Waals surface area contributed by atoms with Gasteiger partial charge in [0, 0.05) is 13.1 Å². The summed E-state index contributed by atoms with van der Waals surface area (Å²) < 4.78 is 5.52. The lowest BCUT2D eigenvalue weighted by Gasteiger charge is -2.26. The number of amides is 1. The highest BCUT2D eigenvalue weighted by molar-refractivity contribution is 6.21. The highest BCUT2D eigenvalue weighted by Gasteiger charge is 2.24. The molecule has 0 spiro atoms. The molecule has 0 radical (unpaired) electrons. The van der Waals surface area contributed by atoms with E-state index in [9.17, 15) is 4.79 Å².